The van der Waals surface area contributed by atoms with Gasteiger partial charge in [0.25, 0.3) is 5.91 Å². The highest BCUT2D eigenvalue weighted by molar-refractivity contribution is 7.22. The smallest absolute Gasteiger partial charge is 0.273 e. The molecule has 1 amide bonds. The van der Waals surface area contributed by atoms with Gasteiger partial charge >= 0.3 is 0 Å². The van der Waals surface area contributed by atoms with Gasteiger partial charge in [0.2, 0.25) is 6.10 Å². The summed E-state index contributed by atoms with van der Waals surface area (Å²) in [6.45, 7) is 7.24. The topological polar surface area (TPSA) is 64.1 Å². The lowest BCUT2D eigenvalue weighted by molar-refractivity contribution is -0.127. The van der Waals surface area contributed by atoms with E-state index in [1.54, 1.807) is 16.2 Å². The molecule has 0 aliphatic carbocycles. The molecule has 0 N–H and O–H groups in total. The van der Waals surface area contributed by atoms with Crippen molar-refractivity contribution in [2.45, 2.75) is 25.9 Å². The third-order valence-corrected chi connectivity index (χ3v) is 7.16. The molecule has 2 aliphatic heterocycles. The van der Waals surface area contributed by atoms with E-state index in [9.17, 15) is 4.79 Å². The fourth-order valence-corrected chi connectivity index (χ4v) is 5.33. The number of fused-ring (bicyclic) bond motifs is 2. The minimum absolute atomic E-state index is 0.108. The number of ether oxygens (including phenoxy) is 3. The summed E-state index contributed by atoms with van der Waals surface area (Å²) in [7, 11) is 0. The van der Waals surface area contributed by atoms with Crippen LogP contribution in [0.25, 0.3) is 10.2 Å². The van der Waals surface area contributed by atoms with Crippen LogP contribution in [0.5, 0.6) is 11.5 Å². The molecule has 174 valence electrons. The molecular weight excluding hydrogens is 438 g/mol. The quantitative estimate of drug-likeness (QED) is 0.527. The van der Waals surface area contributed by atoms with Gasteiger partial charge in [-0.05, 0) is 36.6 Å². The lowest BCUT2D eigenvalue weighted by Gasteiger charge is -2.31. The second-order valence-corrected chi connectivity index (χ2v) is 9.28. The number of rotatable bonds is 7. The highest BCUT2D eigenvalue weighted by atomic mass is 32.1. The first kappa shape index (κ1) is 22.1. The molecular formula is C25H29N3O4S. The van der Waals surface area contributed by atoms with Gasteiger partial charge in [-0.2, -0.15) is 0 Å². The first-order valence-electron chi connectivity index (χ1n) is 11.6. The lowest BCUT2D eigenvalue weighted by atomic mass is 10.1. The second-order valence-electron chi connectivity index (χ2n) is 8.28. The number of benzene rings is 2. The molecule has 3 aromatic rings. The van der Waals surface area contributed by atoms with Gasteiger partial charge in [-0.25, -0.2) is 4.98 Å². The van der Waals surface area contributed by atoms with Crippen LogP contribution in [0.2, 0.25) is 0 Å². The molecule has 5 rings (SSSR count). The summed E-state index contributed by atoms with van der Waals surface area (Å²) >= 11 is 1.56. The van der Waals surface area contributed by atoms with Crippen molar-refractivity contribution in [1.82, 2.24) is 9.88 Å². The third-order valence-electron chi connectivity index (χ3n) is 6.11. The molecule has 7 nitrogen and oxygen atoms in total. The highest BCUT2D eigenvalue weighted by Crippen LogP contribution is 2.34. The molecule has 0 spiro atoms. The molecule has 2 aliphatic rings. The van der Waals surface area contributed by atoms with Gasteiger partial charge in [-0.15, -0.1) is 0 Å². The molecule has 3 heterocycles. The van der Waals surface area contributed by atoms with Crippen LogP contribution in [0.1, 0.15) is 18.9 Å². The van der Waals surface area contributed by atoms with Crippen molar-refractivity contribution in [3.05, 3.63) is 48.0 Å². The number of hydrogen-bond donors (Lipinski definition) is 0. The number of thiazole rings is 1. The number of nitrogens with zero attached hydrogens (tertiary/aromatic N) is 3. The summed E-state index contributed by atoms with van der Waals surface area (Å²) in [5, 5.41) is 0.723. The van der Waals surface area contributed by atoms with Crippen LogP contribution in [0, 0.1) is 0 Å². The number of carbonyl (C=O) groups is 1. The van der Waals surface area contributed by atoms with E-state index in [-0.39, 0.29) is 12.5 Å². The molecule has 33 heavy (non-hydrogen) atoms. The van der Waals surface area contributed by atoms with Crippen LogP contribution in [-0.4, -0.2) is 67.9 Å². The summed E-state index contributed by atoms with van der Waals surface area (Å²) in [5.74, 6) is 1.17. The van der Waals surface area contributed by atoms with Gasteiger partial charge in [-0.3, -0.25) is 14.6 Å². The van der Waals surface area contributed by atoms with Crippen LogP contribution in [0.4, 0.5) is 5.13 Å². The van der Waals surface area contributed by atoms with Gasteiger partial charge in [0, 0.05) is 26.2 Å². The maximum Gasteiger partial charge on any atom is 0.273 e. The van der Waals surface area contributed by atoms with Crippen molar-refractivity contribution in [3.8, 4) is 11.5 Å². The fourth-order valence-electron chi connectivity index (χ4n) is 4.29. The number of para-hydroxylation sites is 3. The van der Waals surface area contributed by atoms with E-state index in [1.165, 1.54) is 5.56 Å². The fraction of sp³-hybridized carbons (Fsp3) is 0.440. The van der Waals surface area contributed by atoms with Crippen LogP contribution < -0.4 is 14.4 Å². The van der Waals surface area contributed by atoms with E-state index < -0.39 is 6.10 Å². The average Bonchev–Trinajstić information content (AvgIpc) is 3.30. The molecule has 0 radical (unpaired) electrons. The lowest BCUT2D eigenvalue weighted by Crippen LogP contribution is -2.47. The first-order chi connectivity index (χ1) is 16.2. The number of anilines is 1. The van der Waals surface area contributed by atoms with Crippen molar-refractivity contribution in [1.29, 1.82) is 0 Å². The van der Waals surface area contributed by atoms with Gasteiger partial charge in [-0.1, -0.05) is 42.5 Å². The van der Waals surface area contributed by atoms with E-state index in [4.69, 9.17) is 19.2 Å². The predicted molar refractivity (Wildman–Crippen MR) is 130 cm³/mol. The summed E-state index contributed by atoms with van der Waals surface area (Å²) in [4.78, 5) is 22.8. The zero-order chi connectivity index (χ0) is 22.6. The van der Waals surface area contributed by atoms with Crippen molar-refractivity contribution >= 4 is 32.6 Å². The number of carbonyl (C=O) groups excluding carboxylic acids is 1. The molecule has 0 saturated carbocycles. The first-order valence-corrected chi connectivity index (χ1v) is 12.4. The van der Waals surface area contributed by atoms with E-state index in [0.29, 0.717) is 18.0 Å². The number of amides is 1. The molecule has 8 heteroatoms. The summed E-state index contributed by atoms with van der Waals surface area (Å²) in [5.41, 5.74) is 2.18. The molecule has 1 saturated heterocycles. The Bertz CT molecular complexity index is 1110. The number of hydrogen-bond acceptors (Lipinski definition) is 7. The monoisotopic (exact) mass is 467 g/mol. The van der Waals surface area contributed by atoms with Gasteiger partial charge in [0.15, 0.2) is 16.6 Å². The second kappa shape index (κ2) is 10.1. The average molecular weight is 468 g/mol. The Morgan fingerprint density at radius 2 is 1.97 bits per heavy atom. The normalized spacial score (nSPS) is 18.4. The van der Waals surface area contributed by atoms with Crippen LogP contribution in [0.15, 0.2) is 42.5 Å². The summed E-state index contributed by atoms with van der Waals surface area (Å²) < 4.78 is 18.4. The predicted octanol–water partition coefficient (Wildman–Crippen LogP) is 3.75. The summed E-state index contributed by atoms with van der Waals surface area (Å²) in [6.07, 6.45) is 1.06. The Kier molecular flexibility index (Phi) is 6.75. The maximum atomic E-state index is 13.7. The molecule has 0 bridgehead atoms. The maximum absolute atomic E-state index is 13.7. The van der Waals surface area contributed by atoms with Crippen LogP contribution >= 0.6 is 11.3 Å². The minimum atomic E-state index is -0.694. The SMILES string of the molecule is CCc1cccc2sc(N(CCCN3CCOCC3)C(=O)[C@H]3COc4ccccc4O3)nc12. The molecule has 1 fully saturated rings. The minimum Gasteiger partial charge on any atom is -0.485 e. The Labute approximate surface area is 197 Å². The van der Waals surface area contributed by atoms with Crippen molar-refractivity contribution in [2.75, 3.05) is 50.9 Å². The van der Waals surface area contributed by atoms with E-state index >= 15 is 0 Å². The van der Waals surface area contributed by atoms with Gasteiger partial charge < -0.3 is 14.2 Å². The Hall–Kier alpha value is -2.68. The molecule has 1 aromatic heterocycles. The number of aromatic nitrogens is 1. The van der Waals surface area contributed by atoms with Gasteiger partial charge in [0.05, 0.1) is 23.4 Å². The Balaban J connectivity index is 1.38. The van der Waals surface area contributed by atoms with Crippen molar-refractivity contribution in [3.63, 3.8) is 0 Å². The van der Waals surface area contributed by atoms with E-state index in [2.05, 4.69) is 30.0 Å². The van der Waals surface area contributed by atoms with E-state index in [1.807, 2.05) is 24.3 Å². The molecule has 2 aromatic carbocycles. The number of aryl methyl sites for hydroxylation is 1. The highest BCUT2D eigenvalue weighted by Gasteiger charge is 2.33. The third kappa shape index (κ3) is 4.83. The zero-order valence-corrected chi connectivity index (χ0v) is 19.7. The standard InChI is InChI=1S/C25H29N3O4S/c1-2-18-7-5-10-22-23(18)26-25(33-22)28(12-6-11-27-13-15-30-16-14-27)24(29)21-17-31-19-8-3-4-9-20(19)32-21/h3-5,7-10,21H,2,6,11-17H2,1H3/t21-/m1/s1. The van der Waals surface area contributed by atoms with Crippen LogP contribution in [0.3, 0.4) is 0 Å². The molecule has 0 unspecified atom stereocenters. The largest absolute Gasteiger partial charge is 0.485 e. The van der Waals surface area contributed by atoms with E-state index in [0.717, 1.165) is 61.0 Å². The van der Waals surface area contributed by atoms with Crippen LogP contribution in [-0.2, 0) is 16.0 Å². The zero-order valence-electron chi connectivity index (χ0n) is 18.9. The Morgan fingerprint density at radius 3 is 2.79 bits per heavy atom. The molecule has 1 atom stereocenters. The van der Waals surface area contributed by atoms with Gasteiger partial charge in [0.1, 0.15) is 6.61 Å². The summed E-state index contributed by atoms with van der Waals surface area (Å²) in [6, 6.07) is 13.7. The Morgan fingerprint density at radius 1 is 1.15 bits per heavy atom. The van der Waals surface area contributed by atoms with Crippen molar-refractivity contribution in [2.24, 2.45) is 0 Å². The number of morpholine rings is 1. The van der Waals surface area contributed by atoms with Crippen molar-refractivity contribution < 1.29 is 19.0 Å².